The molecule has 0 bridgehead atoms. The zero-order valence-corrected chi connectivity index (χ0v) is 15.6. The predicted octanol–water partition coefficient (Wildman–Crippen LogP) is 4.13. The molecule has 0 saturated heterocycles. The van der Waals surface area contributed by atoms with E-state index in [9.17, 15) is 4.79 Å². The standard InChI is InChI=1S/C19H21ClN2O4/c1-4-25-17-9-8-14(10-18(17)24-3)12-21-26-13(2)19(23)22-16-7-5-6-15(20)11-16/h5-13H,4H2,1-3H3,(H,22,23)/b21-12-/t13-/m1/s1. The molecule has 2 aromatic carbocycles. The Morgan fingerprint density at radius 1 is 1.27 bits per heavy atom. The Balaban J connectivity index is 1.93. The maximum atomic E-state index is 12.1. The second-order valence-corrected chi connectivity index (χ2v) is 5.76. The van der Waals surface area contributed by atoms with Crippen LogP contribution in [0.25, 0.3) is 0 Å². The number of hydrogen-bond acceptors (Lipinski definition) is 5. The van der Waals surface area contributed by atoms with Crippen LogP contribution in [-0.2, 0) is 9.63 Å². The molecule has 0 aliphatic heterocycles. The van der Waals surface area contributed by atoms with Gasteiger partial charge < -0.3 is 19.6 Å². The average molecular weight is 377 g/mol. The largest absolute Gasteiger partial charge is 0.493 e. The van der Waals surface area contributed by atoms with Gasteiger partial charge in [-0.1, -0.05) is 22.8 Å². The first kappa shape index (κ1) is 19.6. The topological polar surface area (TPSA) is 69.2 Å². The molecule has 1 amide bonds. The number of hydrogen-bond donors (Lipinski definition) is 1. The highest BCUT2D eigenvalue weighted by Gasteiger charge is 2.14. The van der Waals surface area contributed by atoms with Crippen molar-refractivity contribution in [3.05, 3.63) is 53.1 Å². The van der Waals surface area contributed by atoms with Crippen molar-refractivity contribution in [1.29, 1.82) is 0 Å². The van der Waals surface area contributed by atoms with Crippen LogP contribution in [0.5, 0.6) is 11.5 Å². The summed E-state index contributed by atoms with van der Waals surface area (Å²) in [4.78, 5) is 17.3. The Labute approximate surface area is 157 Å². The summed E-state index contributed by atoms with van der Waals surface area (Å²) in [6.45, 7) is 4.06. The molecule has 138 valence electrons. The monoisotopic (exact) mass is 376 g/mol. The Morgan fingerprint density at radius 3 is 2.77 bits per heavy atom. The first-order valence-corrected chi connectivity index (χ1v) is 8.47. The maximum Gasteiger partial charge on any atom is 0.267 e. The molecule has 0 radical (unpaired) electrons. The van der Waals surface area contributed by atoms with Crippen molar-refractivity contribution >= 4 is 29.4 Å². The lowest BCUT2D eigenvalue weighted by Crippen LogP contribution is -2.26. The van der Waals surface area contributed by atoms with E-state index in [1.807, 2.05) is 13.0 Å². The highest BCUT2D eigenvalue weighted by atomic mass is 35.5. The molecule has 0 heterocycles. The summed E-state index contributed by atoms with van der Waals surface area (Å²) in [6, 6.07) is 12.3. The Morgan fingerprint density at radius 2 is 2.08 bits per heavy atom. The van der Waals surface area contributed by atoms with E-state index < -0.39 is 6.10 Å². The van der Waals surface area contributed by atoms with E-state index in [-0.39, 0.29) is 5.91 Å². The van der Waals surface area contributed by atoms with E-state index in [0.29, 0.717) is 28.8 Å². The van der Waals surface area contributed by atoms with Gasteiger partial charge in [-0.2, -0.15) is 0 Å². The van der Waals surface area contributed by atoms with Gasteiger partial charge in [0.1, 0.15) is 0 Å². The van der Waals surface area contributed by atoms with Crippen LogP contribution in [0.15, 0.2) is 47.6 Å². The molecule has 2 aromatic rings. The normalized spacial score (nSPS) is 11.8. The Bertz CT molecular complexity index is 780. The van der Waals surface area contributed by atoms with Crippen molar-refractivity contribution in [3.8, 4) is 11.5 Å². The SMILES string of the molecule is CCOc1ccc(/C=N\O[C@H](C)C(=O)Nc2cccc(Cl)c2)cc1OC. The van der Waals surface area contributed by atoms with Crippen LogP contribution < -0.4 is 14.8 Å². The van der Waals surface area contributed by atoms with Gasteiger partial charge in [0.2, 0.25) is 6.10 Å². The van der Waals surface area contributed by atoms with Crippen molar-refractivity contribution < 1.29 is 19.1 Å². The minimum atomic E-state index is -0.769. The number of anilines is 1. The fourth-order valence-corrected chi connectivity index (χ4v) is 2.27. The number of ether oxygens (including phenoxy) is 2. The molecule has 1 N–H and O–H groups in total. The number of nitrogens with zero attached hydrogens (tertiary/aromatic N) is 1. The van der Waals surface area contributed by atoms with E-state index >= 15 is 0 Å². The minimum absolute atomic E-state index is 0.325. The van der Waals surface area contributed by atoms with Gasteiger partial charge in [-0.15, -0.1) is 0 Å². The van der Waals surface area contributed by atoms with E-state index in [0.717, 1.165) is 5.56 Å². The molecule has 0 saturated carbocycles. The van der Waals surface area contributed by atoms with E-state index in [1.165, 1.54) is 6.21 Å². The molecule has 26 heavy (non-hydrogen) atoms. The summed E-state index contributed by atoms with van der Waals surface area (Å²) in [5.74, 6) is 0.929. The van der Waals surface area contributed by atoms with Gasteiger partial charge in [0, 0.05) is 16.3 Å². The summed E-state index contributed by atoms with van der Waals surface area (Å²) < 4.78 is 10.7. The molecule has 0 spiro atoms. The van der Waals surface area contributed by atoms with Gasteiger partial charge in [-0.3, -0.25) is 4.79 Å². The predicted molar refractivity (Wildman–Crippen MR) is 102 cm³/mol. The molecule has 6 nitrogen and oxygen atoms in total. The number of methoxy groups -OCH3 is 1. The molecule has 0 unspecified atom stereocenters. The second-order valence-electron chi connectivity index (χ2n) is 5.33. The first-order valence-electron chi connectivity index (χ1n) is 8.10. The number of carbonyl (C=O) groups excluding carboxylic acids is 1. The van der Waals surface area contributed by atoms with Crippen molar-refractivity contribution in [3.63, 3.8) is 0 Å². The van der Waals surface area contributed by atoms with Crippen molar-refractivity contribution in [2.24, 2.45) is 5.16 Å². The number of halogens is 1. The van der Waals surface area contributed by atoms with Gasteiger partial charge in [0.25, 0.3) is 5.91 Å². The number of oxime groups is 1. The average Bonchev–Trinajstić information content (AvgIpc) is 2.62. The lowest BCUT2D eigenvalue weighted by Gasteiger charge is -2.11. The molecule has 0 aliphatic carbocycles. The van der Waals surface area contributed by atoms with Gasteiger partial charge in [-0.25, -0.2) is 0 Å². The molecule has 0 aromatic heterocycles. The van der Waals surface area contributed by atoms with Crippen LogP contribution in [0.1, 0.15) is 19.4 Å². The lowest BCUT2D eigenvalue weighted by molar-refractivity contribution is -0.126. The zero-order chi connectivity index (χ0) is 18.9. The molecule has 2 rings (SSSR count). The van der Waals surface area contributed by atoms with Crippen molar-refractivity contribution in [2.75, 3.05) is 19.0 Å². The van der Waals surface area contributed by atoms with Gasteiger partial charge >= 0.3 is 0 Å². The van der Waals surface area contributed by atoms with Gasteiger partial charge in [0.05, 0.1) is 19.9 Å². The molecule has 7 heteroatoms. The van der Waals surface area contributed by atoms with Crippen LogP contribution >= 0.6 is 11.6 Å². The zero-order valence-electron chi connectivity index (χ0n) is 14.9. The molecule has 0 aliphatic rings. The summed E-state index contributed by atoms with van der Waals surface area (Å²) in [5, 5.41) is 7.12. The first-order chi connectivity index (χ1) is 12.5. The minimum Gasteiger partial charge on any atom is -0.493 e. The van der Waals surface area contributed by atoms with Crippen molar-refractivity contribution in [2.45, 2.75) is 20.0 Å². The molecule has 1 atom stereocenters. The second kappa shape index (κ2) is 9.68. The Kier molecular flexibility index (Phi) is 7.29. The Hall–Kier alpha value is -2.73. The number of nitrogens with one attached hydrogen (secondary N) is 1. The van der Waals surface area contributed by atoms with Crippen molar-refractivity contribution in [1.82, 2.24) is 0 Å². The van der Waals surface area contributed by atoms with E-state index in [1.54, 1.807) is 50.4 Å². The third-order valence-corrected chi connectivity index (χ3v) is 3.60. The quantitative estimate of drug-likeness (QED) is 0.555. The van der Waals surface area contributed by atoms with E-state index in [4.69, 9.17) is 25.9 Å². The number of rotatable bonds is 8. The number of benzene rings is 2. The molecule has 0 fully saturated rings. The summed E-state index contributed by atoms with van der Waals surface area (Å²) in [7, 11) is 1.57. The number of amides is 1. The van der Waals surface area contributed by atoms with Crippen LogP contribution in [0.4, 0.5) is 5.69 Å². The summed E-state index contributed by atoms with van der Waals surface area (Å²) >= 11 is 5.89. The highest BCUT2D eigenvalue weighted by molar-refractivity contribution is 6.30. The third-order valence-electron chi connectivity index (χ3n) is 3.37. The van der Waals surface area contributed by atoms with Crippen LogP contribution in [-0.4, -0.2) is 31.9 Å². The van der Waals surface area contributed by atoms with Gasteiger partial charge in [0.15, 0.2) is 11.5 Å². The molecular formula is C19H21ClN2O4. The smallest absolute Gasteiger partial charge is 0.267 e. The third kappa shape index (κ3) is 5.67. The molecular weight excluding hydrogens is 356 g/mol. The summed E-state index contributed by atoms with van der Waals surface area (Å²) in [5.41, 5.74) is 1.35. The van der Waals surface area contributed by atoms with Crippen LogP contribution in [0.2, 0.25) is 5.02 Å². The van der Waals surface area contributed by atoms with Crippen LogP contribution in [0.3, 0.4) is 0 Å². The maximum absolute atomic E-state index is 12.1. The van der Waals surface area contributed by atoms with Crippen LogP contribution in [0, 0.1) is 0 Å². The summed E-state index contributed by atoms with van der Waals surface area (Å²) in [6.07, 6.45) is 0.733. The highest BCUT2D eigenvalue weighted by Crippen LogP contribution is 2.27. The van der Waals surface area contributed by atoms with E-state index in [2.05, 4.69) is 10.5 Å². The lowest BCUT2D eigenvalue weighted by atomic mass is 10.2. The fourth-order valence-electron chi connectivity index (χ4n) is 2.08. The number of carbonyl (C=O) groups is 1. The van der Waals surface area contributed by atoms with Gasteiger partial charge in [-0.05, 0) is 50.2 Å². The fraction of sp³-hybridized carbons (Fsp3) is 0.263.